The number of fused-ring (bicyclic) bond motifs is 1. The van der Waals surface area contributed by atoms with E-state index in [4.69, 9.17) is 0 Å². The van der Waals surface area contributed by atoms with Gasteiger partial charge in [0.15, 0.2) is 5.69 Å². The highest BCUT2D eigenvalue weighted by molar-refractivity contribution is 6.06. The fourth-order valence-corrected chi connectivity index (χ4v) is 3.00. The molecule has 150 valence electrons. The Kier molecular flexibility index (Phi) is 6.39. The lowest BCUT2D eigenvalue weighted by molar-refractivity contribution is 0.0843. The molecule has 0 atom stereocenters. The fourth-order valence-electron chi connectivity index (χ4n) is 3.00. The van der Waals surface area contributed by atoms with E-state index in [0.717, 1.165) is 24.8 Å². The molecule has 1 heterocycles. The summed E-state index contributed by atoms with van der Waals surface area (Å²) in [6, 6.07) is 14.0. The van der Waals surface area contributed by atoms with Crippen molar-refractivity contribution in [3.63, 3.8) is 0 Å². The molecular formula is C22H24N4O3. The number of hydrazine groups is 1. The second-order valence-corrected chi connectivity index (χ2v) is 6.73. The van der Waals surface area contributed by atoms with Crippen LogP contribution in [0.3, 0.4) is 0 Å². The minimum absolute atomic E-state index is 0.0953. The first-order valence-electron chi connectivity index (χ1n) is 9.74. The number of aromatic nitrogens is 2. The standard InChI is InChI=1S/C22H24N4O3/c1-3-5-14-26-22(29)18-9-7-6-8-17(18)19(25-26)21(28)24-23-20(27)16-12-10-15(4-2)11-13-16/h6-13H,3-5,14H2,1-2H3,(H,23,27)(H,24,28). The SMILES string of the molecule is CCCCn1nc(C(=O)NNC(=O)c2ccc(CC)cc2)c2ccccc2c1=O. The summed E-state index contributed by atoms with van der Waals surface area (Å²) in [5.41, 5.74) is 6.24. The molecule has 1 aromatic heterocycles. The van der Waals surface area contributed by atoms with Gasteiger partial charge < -0.3 is 0 Å². The van der Waals surface area contributed by atoms with Gasteiger partial charge >= 0.3 is 0 Å². The number of carbonyl (C=O) groups is 2. The van der Waals surface area contributed by atoms with E-state index >= 15 is 0 Å². The van der Waals surface area contributed by atoms with Gasteiger partial charge in [0, 0.05) is 17.5 Å². The van der Waals surface area contributed by atoms with Crippen LogP contribution in [0.5, 0.6) is 0 Å². The second kappa shape index (κ2) is 9.14. The van der Waals surface area contributed by atoms with Crippen LogP contribution in [-0.4, -0.2) is 21.6 Å². The fraction of sp³-hybridized carbons (Fsp3) is 0.273. The zero-order valence-electron chi connectivity index (χ0n) is 16.6. The van der Waals surface area contributed by atoms with Crippen molar-refractivity contribution in [2.24, 2.45) is 0 Å². The van der Waals surface area contributed by atoms with Gasteiger partial charge in [0.25, 0.3) is 17.4 Å². The monoisotopic (exact) mass is 392 g/mol. The highest BCUT2D eigenvalue weighted by Crippen LogP contribution is 2.13. The maximum absolute atomic E-state index is 12.7. The molecule has 0 radical (unpaired) electrons. The Bertz CT molecular complexity index is 1090. The van der Waals surface area contributed by atoms with Crippen LogP contribution in [0.2, 0.25) is 0 Å². The number of nitrogens with one attached hydrogen (secondary N) is 2. The van der Waals surface area contributed by atoms with Gasteiger partial charge in [0.2, 0.25) is 0 Å². The Labute approximate surface area is 168 Å². The average molecular weight is 392 g/mol. The zero-order valence-corrected chi connectivity index (χ0v) is 16.6. The summed E-state index contributed by atoms with van der Waals surface area (Å²) in [6.07, 6.45) is 2.55. The molecule has 0 saturated carbocycles. The number of rotatable bonds is 6. The van der Waals surface area contributed by atoms with Crippen molar-refractivity contribution < 1.29 is 9.59 Å². The predicted octanol–water partition coefficient (Wildman–Crippen LogP) is 2.83. The van der Waals surface area contributed by atoms with E-state index in [1.54, 1.807) is 36.4 Å². The molecule has 2 amide bonds. The molecule has 2 aromatic carbocycles. The summed E-state index contributed by atoms with van der Waals surface area (Å²) in [5.74, 6) is -1.01. The Morgan fingerprint density at radius 2 is 1.59 bits per heavy atom. The summed E-state index contributed by atoms with van der Waals surface area (Å²) >= 11 is 0. The molecular weight excluding hydrogens is 368 g/mol. The Hall–Kier alpha value is -3.48. The Balaban J connectivity index is 1.83. The maximum atomic E-state index is 12.7. The van der Waals surface area contributed by atoms with E-state index in [1.165, 1.54) is 4.68 Å². The highest BCUT2D eigenvalue weighted by Gasteiger charge is 2.17. The molecule has 0 aliphatic heterocycles. The van der Waals surface area contributed by atoms with E-state index in [2.05, 4.69) is 16.0 Å². The maximum Gasteiger partial charge on any atom is 0.290 e. The van der Waals surface area contributed by atoms with Crippen molar-refractivity contribution in [3.05, 3.63) is 75.7 Å². The lowest BCUT2D eigenvalue weighted by atomic mass is 10.1. The van der Waals surface area contributed by atoms with Crippen molar-refractivity contribution in [2.45, 2.75) is 39.7 Å². The Morgan fingerprint density at radius 3 is 2.24 bits per heavy atom. The van der Waals surface area contributed by atoms with Crippen molar-refractivity contribution in [3.8, 4) is 0 Å². The topological polar surface area (TPSA) is 93.1 Å². The molecule has 0 fully saturated rings. The van der Waals surface area contributed by atoms with Crippen LogP contribution in [0, 0.1) is 0 Å². The van der Waals surface area contributed by atoms with Gasteiger partial charge in [-0.3, -0.25) is 25.2 Å². The highest BCUT2D eigenvalue weighted by atomic mass is 16.2. The molecule has 0 bridgehead atoms. The molecule has 0 aliphatic carbocycles. The lowest BCUT2D eigenvalue weighted by Gasteiger charge is -2.12. The minimum Gasteiger partial charge on any atom is -0.267 e. The summed E-state index contributed by atoms with van der Waals surface area (Å²) in [6.45, 7) is 4.48. The van der Waals surface area contributed by atoms with E-state index < -0.39 is 11.8 Å². The van der Waals surface area contributed by atoms with Gasteiger partial charge in [0.1, 0.15) is 0 Å². The largest absolute Gasteiger partial charge is 0.290 e. The number of hydrogen-bond donors (Lipinski definition) is 2. The van der Waals surface area contributed by atoms with E-state index in [9.17, 15) is 14.4 Å². The first-order chi connectivity index (χ1) is 14.0. The second-order valence-electron chi connectivity index (χ2n) is 6.73. The van der Waals surface area contributed by atoms with Gasteiger partial charge in [-0.25, -0.2) is 4.68 Å². The molecule has 0 saturated heterocycles. The number of unbranched alkanes of at least 4 members (excludes halogenated alkanes) is 1. The third-order valence-corrected chi connectivity index (χ3v) is 4.72. The molecule has 0 unspecified atom stereocenters. The zero-order chi connectivity index (χ0) is 20.8. The molecule has 0 aliphatic rings. The van der Waals surface area contributed by atoms with Gasteiger partial charge in [-0.05, 0) is 36.6 Å². The summed E-state index contributed by atoms with van der Waals surface area (Å²) in [4.78, 5) is 37.6. The van der Waals surface area contributed by atoms with Crippen molar-refractivity contribution in [1.29, 1.82) is 0 Å². The van der Waals surface area contributed by atoms with E-state index in [-0.39, 0.29) is 11.3 Å². The predicted molar refractivity (Wildman–Crippen MR) is 112 cm³/mol. The first-order valence-corrected chi connectivity index (χ1v) is 9.74. The first kappa shape index (κ1) is 20.3. The summed E-state index contributed by atoms with van der Waals surface area (Å²) in [7, 11) is 0. The third-order valence-electron chi connectivity index (χ3n) is 4.72. The van der Waals surface area contributed by atoms with Crippen LogP contribution in [0.15, 0.2) is 53.3 Å². The van der Waals surface area contributed by atoms with Gasteiger partial charge in [-0.15, -0.1) is 0 Å². The van der Waals surface area contributed by atoms with Crippen molar-refractivity contribution in [1.82, 2.24) is 20.6 Å². The molecule has 7 nitrogen and oxygen atoms in total. The van der Waals surface area contributed by atoms with Crippen LogP contribution in [0.1, 0.15) is 53.1 Å². The normalized spacial score (nSPS) is 10.7. The van der Waals surface area contributed by atoms with E-state index in [0.29, 0.717) is 22.9 Å². The molecule has 2 N–H and O–H groups in total. The lowest BCUT2D eigenvalue weighted by Crippen LogP contribution is -2.42. The number of hydrogen-bond acceptors (Lipinski definition) is 4. The average Bonchev–Trinajstić information content (AvgIpc) is 2.77. The van der Waals surface area contributed by atoms with Crippen LogP contribution in [0.4, 0.5) is 0 Å². The quantitative estimate of drug-likeness (QED) is 0.631. The van der Waals surface area contributed by atoms with Crippen molar-refractivity contribution in [2.75, 3.05) is 0 Å². The number of carbonyl (C=O) groups excluding carboxylic acids is 2. The molecule has 3 rings (SSSR count). The summed E-state index contributed by atoms with van der Waals surface area (Å²) in [5, 5.41) is 5.12. The minimum atomic E-state index is -0.579. The number of aryl methyl sites for hydroxylation is 2. The van der Waals surface area contributed by atoms with Crippen LogP contribution < -0.4 is 16.4 Å². The van der Waals surface area contributed by atoms with Gasteiger partial charge in [0.05, 0.1) is 5.39 Å². The third kappa shape index (κ3) is 4.51. The number of nitrogens with zero attached hydrogens (tertiary/aromatic N) is 2. The molecule has 3 aromatic rings. The van der Waals surface area contributed by atoms with Crippen LogP contribution >= 0.6 is 0 Å². The molecule has 0 spiro atoms. The van der Waals surface area contributed by atoms with Crippen LogP contribution in [0.25, 0.3) is 10.8 Å². The van der Waals surface area contributed by atoms with Gasteiger partial charge in [-0.1, -0.05) is 50.6 Å². The van der Waals surface area contributed by atoms with Crippen molar-refractivity contribution >= 4 is 22.6 Å². The number of amides is 2. The molecule has 7 heteroatoms. The smallest absolute Gasteiger partial charge is 0.267 e. The van der Waals surface area contributed by atoms with Crippen LogP contribution in [-0.2, 0) is 13.0 Å². The number of benzene rings is 2. The Morgan fingerprint density at radius 1 is 0.931 bits per heavy atom. The molecule has 29 heavy (non-hydrogen) atoms. The summed E-state index contributed by atoms with van der Waals surface area (Å²) < 4.78 is 1.31. The van der Waals surface area contributed by atoms with Gasteiger partial charge in [-0.2, -0.15) is 5.10 Å². The van der Waals surface area contributed by atoms with E-state index in [1.807, 2.05) is 26.0 Å².